The zero-order valence-electron chi connectivity index (χ0n) is 33.3. The van der Waals surface area contributed by atoms with Crippen LogP contribution in [0.15, 0.2) is 146 Å². The summed E-state index contributed by atoms with van der Waals surface area (Å²) >= 11 is 0. The molecule has 2 atom stereocenters. The van der Waals surface area contributed by atoms with Gasteiger partial charge in [0.05, 0.1) is 36.3 Å². The van der Waals surface area contributed by atoms with E-state index in [1.54, 1.807) is 10.6 Å². The van der Waals surface area contributed by atoms with E-state index in [1.807, 2.05) is 12.1 Å². The first kappa shape index (κ1) is 45.9. The van der Waals surface area contributed by atoms with Crippen molar-refractivity contribution in [2.75, 3.05) is 25.7 Å². The summed E-state index contributed by atoms with van der Waals surface area (Å²) in [6.07, 6.45) is 20.1. The minimum Gasteiger partial charge on any atom is -0.366 e. The van der Waals surface area contributed by atoms with Crippen LogP contribution in [-0.4, -0.2) is 41.8 Å². The molecule has 8 rings (SSSR count). The molecule has 56 heavy (non-hydrogen) atoms. The van der Waals surface area contributed by atoms with Crippen LogP contribution in [-0.2, 0) is 44.8 Å². The van der Waals surface area contributed by atoms with E-state index in [-0.39, 0.29) is 60.6 Å². The molecule has 0 fully saturated rings. The van der Waals surface area contributed by atoms with Gasteiger partial charge in [-0.15, -0.1) is 35.4 Å². The first-order valence-electron chi connectivity index (χ1n) is 19.2. The third-order valence-electron chi connectivity index (χ3n) is 11.3. The molecule has 2 aliphatic heterocycles. The number of benzene rings is 6. The second-order valence-corrected chi connectivity index (χ2v) is 29.5. The van der Waals surface area contributed by atoms with E-state index in [4.69, 9.17) is 12.8 Å². The van der Waals surface area contributed by atoms with Gasteiger partial charge in [-0.3, -0.25) is 11.8 Å². The fourth-order valence-corrected chi connectivity index (χ4v) is 17.9. The first-order chi connectivity index (χ1) is 26.1. The molecular weight excluding hydrogens is 1110 g/mol. The van der Waals surface area contributed by atoms with Crippen LogP contribution < -0.4 is 31.4 Å². The summed E-state index contributed by atoms with van der Waals surface area (Å²) in [4.78, 5) is 0. The maximum absolute atomic E-state index is 7.25. The molecule has 6 heteroatoms. The van der Waals surface area contributed by atoms with Crippen molar-refractivity contribution in [3.63, 3.8) is 0 Å². The minimum atomic E-state index is -1.51. The number of hydrogen-bond donors (Lipinski definition) is 0. The van der Waals surface area contributed by atoms with Gasteiger partial charge in [0, 0.05) is 15.8 Å². The molecule has 2 unspecified atom stereocenters. The van der Waals surface area contributed by atoms with Crippen molar-refractivity contribution in [1.82, 2.24) is 0 Å². The van der Waals surface area contributed by atoms with Crippen molar-refractivity contribution in [2.45, 2.75) is 39.0 Å². The first-order valence-corrected chi connectivity index (χ1v) is 29.6. The van der Waals surface area contributed by atoms with Gasteiger partial charge in [0.1, 0.15) is 16.1 Å². The Hall–Kier alpha value is -2.79. The summed E-state index contributed by atoms with van der Waals surface area (Å²) < 4.78 is 0. The summed E-state index contributed by atoms with van der Waals surface area (Å²) in [6.45, 7) is 14.5. The summed E-state index contributed by atoms with van der Waals surface area (Å²) in [5.41, 5.74) is 7.08. The zero-order valence-corrected chi connectivity index (χ0v) is 41.6. The molecule has 0 aliphatic carbocycles. The third kappa shape index (κ3) is 10.3. The Bertz CT molecular complexity index is 2140. The van der Waals surface area contributed by atoms with Crippen LogP contribution >= 0.6 is 15.8 Å². The molecule has 6 aromatic carbocycles. The maximum Gasteiger partial charge on any atom is 1.00 e. The van der Waals surface area contributed by atoms with Crippen LogP contribution in [0.1, 0.15) is 24.0 Å². The van der Waals surface area contributed by atoms with Crippen LogP contribution in [0.3, 0.4) is 0 Å². The average Bonchev–Trinajstić information content (AvgIpc) is 3.59. The van der Waals surface area contributed by atoms with Crippen molar-refractivity contribution in [3.8, 4) is 34.1 Å². The van der Waals surface area contributed by atoms with Crippen LogP contribution in [0, 0.1) is 24.7 Å². The fraction of sp³-hybridized carbons (Fsp3) is 0.200. The Balaban J connectivity index is 0.000000184. The topological polar surface area (TPSA) is 0 Å². The molecule has 0 amide bonds. The molecule has 0 aromatic heterocycles. The number of rotatable bonds is 7. The molecule has 290 valence electrons. The third-order valence-corrected chi connectivity index (χ3v) is 23.3. The number of unbranched alkanes of at least 4 members (excludes halogenated alkanes) is 1. The molecule has 0 spiro atoms. The van der Waals surface area contributed by atoms with E-state index in [0.717, 1.165) is 11.1 Å². The van der Waals surface area contributed by atoms with Crippen molar-refractivity contribution < 1.29 is 44.8 Å². The Morgan fingerprint density at radius 2 is 0.750 bits per heavy atom. The van der Waals surface area contributed by atoms with E-state index in [2.05, 4.69) is 185 Å². The monoisotopic (exact) mass is 1160 g/mol. The average molecular weight is 1170 g/mol. The molecule has 0 bridgehead atoms. The van der Waals surface area contributed by atoms with Gasteiger partial charge in [-0.1, -0.05) is 123 Å². The van der Waals surface area contributed by atoms with Crippen molar-refractivity contribution in [1.29, 1.82) is 0 Å². The van der Waals surface area contributed by atoms with Gasteiger partial charge in [0.2, 0.25) is 0 Å². The molecule has 0 radical (unpaired) electrons. The quantitative estimate of drug-likeness (QED) is 0.0493. The molecule has 2 heterocycles. The standard InChI is InChI=1S/C18H24P2.2C16H13Si.2Au/c1-19(17-11-5-3-6-12-17)15-9-10-16-20(2)18-13-7-4-8-14-18;2*1-4-12-9-10-16-14(11-12)13-7-5-6-8-15(13)17(16,2)3;;/h3-8,11-14H,9-10,15-16H2,1-2H3;2*5-11H,2-3H3;;/q;2*-1;2*+1/p+2. The summed E-state index contributed by atoms with van der Waals surface area (Å²) in [6, 6.07) is 52.1. The predicted octanol–water partition coefficient (Wildman–Crippen LogP) is 8.96. The molecule has 0 N–H and O–H groups in total. The Kier molecular flexibility index (Phi) is 17.0. The van der Waals surface area contributed by atoms with Crippen LogP contribution in [0.5, 0.6) is 0 Å². The maximum atomic E-state index is 7.25. The minimum absolute atomic E-state index is 0. The summed E-state index contributed by atoms with van der Waals surface area (Å²) in [5.74, 6) is 4.96. The van der Waals surface area contributed by atoms with Gasteiger partial charge >= 0.3 is 44.8 Å². The Labute approximate surface area is 373 Å². The SMILES string of the molecule is C[PH+](CCCC[PH+](C)c1ccccc1)c1ccccc1.[Au+].[Au+].[C-]#Cc1ccc2c(c1)-c1ccccc1[Si]2(C)C.[C-]#Cc1ccc2c(c1)-c1ccccc1[Si]2(C)C. The van der Waals surface area contributed by atoms with Gasteiger partial charge in [-0.2, -0.15) is 0 Å². The van der Waals surface area contributed by atoms with E-state index in [1.165, 1.54) is 68.2 Å². The molecule has 0 saturated carbocycles. The van der Waals surface area contributed by atoms with Crippen LogP contribution in [0.4, 0.5) is 0 Å². The van der Waals surface area contributed by atoms with E-state index >= 15 is 0 Å². The Morgan fingerprint density at radius 1 is 0.429 bits per heavy atom. The van der Waals surface area contributed by atoms with E-state index in [0.29, 0.717) is 0 Å². The van der Waals surface area contributed by atoms with Crippen molar-refractivity contribution >= 4 is 63.3 Å². The predicted molar refractivity (Wildman–Crippen MR) is 249 cm³/mol. The zero-order chi connectivity index (χ0) is 38.3. The number of hydrogen-bond acceptors (Lipinski definition) is 0. The molecule has 0 nitrogen and oxygen atoms in total. The Morgan fingerprint density at radius 3 is 1.11 bits per heavy atom. The second kappa shape index (κ2) is 20.8. The normalized spacial score (nSPS) is 14.0. The fourth-order valence-electron chi connectivity index (χ4n) is 8.11. The van der Waals surface area contributed by atoms with Crippen LogP contribution in [0.25, 0.3) is 22.3 Å². The van der Waals surface area contributed by atoms with Crippen LogP contribution in [0.2, 0.25) is 26.2 Å². The molecule has 0 saturated heterocycles. The van der Waals surface area contributed by atoms with Gasteiger partial charge in [0.25, 0.3) is 0 Å². The molecule has 6 aromatic rings. The second-order valence-electron chi connectivity index (χ2n) is 15.6. The van der Waals surface area contributed by atoms with Gasteiger partial charge < -0.3 is 12.8 Å². The summed E-state index contributed by atoms with van der Waals surface area (Å²) in [5, 5.41) is 9.16. The van der Waals surface area contributed by atoms with E-state index < -0.39 is 16.1 Å². The van der Waals surface area contributed by atoms with Crippen molar-refractivity contribution in [2.24, 2.45) is 0 Å². The van der Waals surface area contributed by atoms with Crippen molar-refractivity contribution in [3.05, 3.63) is 170 Å². The van der Waals surface area contributed by atoms with Gasteiger partial charge in [-0.25, -0.2) is 0 Å². The molecular formula is C50H52Au2P2Si2+2. The van der Waals surface area contributed by atoms with E-state index in [9.17, 15) is 0 Å². The molecule has 2 aliphatic rings. The summed E-state index contributed by atoms with van der Waals surface area (Å²) in [7, 11) is -3.65. The smallest absolute Gasteiger partial charge is 0.366 e. The largest absolute Gasteiger partial charge is 1.00 e. The number of fused-ring (bicyclic) bond motifs is 6. The van der Waals surface area contributed by atoms with Gasteiger partial charge in [0.15, 0.2) is 0 Å². The van der Waals surface area contributed by atoms with Gasteiger partial charge in [-0.05, 0) is 80.1 Å².